The lowest BCUT2D eigenvalue weighted by molar-refractivity contribution is -0.384. The third-order valence-electron chi connectivity index (χ3n) is 5.95. The van der Waals surface area contributed by atoms with Gasteiger partial charge in [-0.05, 0) is 55.9 Å². The highest BCUT2D eigenvalue weighted by atomic mass is 16.6. The molecule has 1 aliphatic rings. The van der Waals surface area contributed by atoms with Gasteiger partial charge < -0.3 is 15.1 Å². The Morgan fingerprint density at radius 1 is 1.24 bits per heavy atom. The summed E-state index contributed by atoms with van der Waals surface area (Å²) in [4.78, 5) is 40.7. The number of para-hydroxylation sites is 1. The summed E-state index contributed by atoms with van der Waals surface area (Å²) in [5.41, 5.74) is 2.31. The number of nitro benzene ring substituents is 1. The number of carbonyl (C=O) groups excluding carboxylic acids is 2. The van der Waals surface area contributed by atoms with Crippen LogP contribution in [0.3, 0.4) is 0 Å². The van der Waals surface area contributed by atoms with Gasteiger partial charge in [-0.3, -0.25) is 19.7 Å². The molecule has 0 saturated carbocycles. The summed E-state index contributed by atoms with van der Waals surface area (Å²) in [5, 5.41) is 14.7. The number of piperidine rings is 1. The minimum atomic E-state index is -0.430. The molecule has 3 rings (SSSR count). The fraction of sp³-hybridized carbons (Fsp3) is 0.440. The zero-order valence-electron chi connectivity index (χ0n) is 19.5. The van der Waals surface area contributed by atoms with Gasteiger partial charge in [-0.15, -0.1) is 0 Å². The molecule has 176 valence electrons. The van der Waals surface area contributed by atoms with Crippen LogP contribution >= 0.6 is 0 Å². The molecule has 1 aliphatic heterocycles. The maximum Gasteiger partial charge on any atom is 0.293 e. The highest BCUT2D eigenvalue weighted by Crippen LogP contribution is 2.32. The average molecular weight is 453 g/mol. The Hall–Kier alpha value is -3.42. The quantitative estimate of drug-likeness (QED) is 0.465. The molecule has 2 amide bonds. The van der Waals surface area contributed by atoms with E-state index in [9.17, 15) is 19.7 Å². The molecule has 0 aliphatic carbocycles. The molecule has 1 saturated heterocycles. The fourth-order valence-electron chi connectivity index (χ4n) is 4.26. The minimum absolute atomic E-state index is 0.0734. The van der Waals surface area contributed by atoms with E-state index in [1.54, 1.807) is 12.1 Å². The molecule has 8 nitrogen and oxygen atoms in total. The van der Waals surface area contributed by atoms with Crippen molar-refractivity contribution < 1.29 is 14.5 Å². The number of amides is 2. The second kappa shape index (κ2) is 10.9. The van der Waals surface area contributed by atoms with Crippen LogP contribution in [0, 0.1) is 23.0 Å². The van der Waals surface area contributed by atoms with Crippen LogP contribution in [-0.2, 0) is 4.79 Å². The molecule has 0 unspecified atom stereocenters. The van der Waals surface area contributed by atoms with Gasteiger partial charge in [0.1, 0.15) is 12.2 Å². The number of aryl methyl sites for hydroxylation is 1. The number of nitro groups is 1. The number of nitrogens with zero attached hydrogens (tertiary/aromatic N) is 3. The Balaban J connectivity index is 1.80. The van der Waals surface area contributed by atoms with Crippen LogP contribution in [0.5, 0.6) is 0 Å². The van der Waals surface area contributed by atoms with Crippen molar-refractivity contribution >= 4 is 28.9 Å². The van der Waals surface area contributed by atoms with Crippen molar-refractivity contribution in [3.8, 4) is 0 Å². The summed E-state index contributed by atoms with van der Waals surface area (Å²) in [7, 11) is 0. The third kappa shape index (κ3) is 6.09. The van der Waals surface area contributed by atoms with Gasteiger partial charge >= 0.3 is 0 Å². The van der Waals surface area contributed by atoms with Crippen molar-refractivity contribution in [2.45, 2.75) is 40.0 Å². The molecule has 1 atom stereocenters. The lowest BCUT2D eigenvalue weighted by Crippen LogP contribution is -2.38. The zero-order valence-corrected chi connectivity index (χ0v) is 19.5. The van der Waals surface area contributed by atoms with Crippen molar-refractivity contribution in [1.82, 2.24) is 4.90 Å². The van der Waals surface area contributed by atoms with E-state index in [-0.39, 0.29) is 23.7 Å². The molecule has 0 bridgehead atoms. The average Bonchev–Trinajstić information content (AvgIpc) is 2.79. The molecule has 1 heterocycles. The van der Waals surface area contributed by atoms with Gasteiger partial charge in [-0.25, -0.2) is 0 Å². The normalized spacial score (nSPS) is 15.7. The first-order chi connectivity index (χ1) is 15.8. The van der Waals surface area contributed by atoms with E-state index in [1.165, 1.54) is 11.0 Å². The first-order valence-corrected chi connectivity index (χ1v) is 11.5. The SMILES string of the molecule is CCCN(CC(=O)Nc1ccccc1C)C(=O)c1ccc(N2CCC[C@H](C)C2)c([N+](=O)[O-])c1. The van der Waals surface area contributed by atoms with Gasteiger partial charge in [-0.1, -0.05) is 32.0 Å². The van der Waals surface area contributed by atoms with E-state index in [1.807, 2.05) is 43.0 Å². The first-order valence-electron chi connectivity index (χ1n) is 11.5. The minimum Gasteiger partial charge on any atom is -0.366 e. The smallest absolute Gasteiger partial charge is 0.293 e. The van der Waals surface area contributed by atoms with E-state index in [0.29, 0.717) is 30.3 Å². The van der Waals surface area contributed by atoms with Crippen molar-refractivity contribution in [2.75, 3.05) is 36.4 Å². The summed E-state index contributed by atoms with van der Waals surface area (Å²) >= 11 is 0. The number of anilines is 2. The second-order valence-corrected chi connectivity index (χ2v) is 8.74. The van der Waals surface area contributed by atoms with Crippen molar-refractivity contribution in [2.24, 2.45) is 5.92 Å². The van der Waals surface area contributed by atoms with E-state index < -0.39 is 10.8 Å². The van der Waals surface area contributed by atoms with Gasteiger partial charge in [-0.2, -0.15) is 0 Å². The Morgan fingerprint density at radius 3 is 2.67 bits per heavy atom. The number of hydrogen-bond acceptors (Lipinski definition) is 5. The molecule has 2 aromatic rings. The maximum atomic E-state index is 13.2. The van der Waals surface area contributed by atoms with Crippen LogP contribution in [0.25, 0.3) is 0 Å². The Bertz CT molecular complexity index is 1020. The summed E-state index contributed by atoms with van der Waals surface area (Å²) in [5.74, 6) is -0.232. The van der Waals surface area contributed by atoms with Gasteiger partial charge in [0, 0.05) is 37.0 Å². The van der Waals surface area contributed by atoms with Crippen LogP contribution in [-0.4, -0.2) is 47.8 Å². The maximum absolute atomic E-state index is 13.2. The molecule has 2 aromatic carbocycles. The van der Waals surface area contributed by atoms with Gasteiger partial charge in [0.2, 0.25) is 5.91 Å². The standard InChI is InChI=1S/C25H32N4O4/c1-4-13-28(17-24(30)26-21-10-6-5-9-19(21)3)25(31)20-11-12-22(23(15-20)29(32)33)27-14-7-8-18(2)16-27/h5-6,9-12,15,18H,4,7-8,13-14,16-17H2,1-3H3,(H,26,30)/t18-/m0/s1. The Kier molecular flexibility index (Phi) is 8.03. The van der Waals surface area contributed by atoms with Crippen molar-refractivity contribution in [3.63, 3.8) is 0 Å². The molecule has 1 N–H and O–H groups in total. The van der Waals surface area contributed by atoms with E-state index in [0.717, 1.165) is 31.5 Å². The molecule has 8 heteroatoms. The van der Waals surface area contributed by atoms with Gasteiger partial charge in [0.05, 0.1) is 4.92 Å². The van der Waals surface area contributed by atoms with Crippen LogP contribution in [0.2, 0.25) is 0 Å². The fourth-order valence-corrected chi connectivity index (χ4v) is 4.26. The summed E-state index contributed by atoms with van der Waals surface area (Å²) in [6.45, 7) is 7.73. The predicted octanol–water partition coefficient (Wildman–Crippen LogP) is 4.63. The zero-order chi connectivity index (χ0) is 24.0. The van der Waals surface area contributed by atoms with Crippen LogP contribution in [0.1, 0.15) is 49.0 Å². The summed E-state index contributed by atoms with van der Waals surface area (Å²) < 4.78 is 0. The highest BCUT2D eigenvalue weighted by Gasteiger charge is 2.27. The number of nitrogens with one attached hydrogen (secondary N) is 1. The Morgan fingerprint density at radius 2 is 2.00 bits per heavy atom. The van der Waals surface area contributed by atoms with E-state index in [2.05, 4.69) is 12.2 Å². The van der Waals surface area contributed by atoms with Crippen molar-refractivity contribution in [3.05, 3.63) is 63.7 Å². The molecular formula is C25H32N4O4. The van der Waals surface area contributed by atoms with Gasteiger partial charge in [0.15, 0.2) is 0 Å². The monoisotopic (exact) mass is 452 g/mol. The highest BCUT2D eigenvalue weighted by molar-refractivity contribution is 6.00. The molecule has 0 aromatic heterocycles. The van der Waals surface area contributed by atoms with Crippen molar-refractivity contribution in [1.29, 1.82) is 0 Å². The molecule has 0 radical (unpaired) electrons. The van der Waals surface area contributed by atoms with E-state index in [4.69, 9.17) is 0 Å². The lowest BCUT2D eigenvalue weighted by atomic mass is 9.99. The first kappa shape index (κ1) is 24.2. The van der Waals surface area contributed by atoms with Crippen LogP contribution in [0.15, 0.2) is 42.5 Å². The topological polar surface area (TPSA) is 95.8 Å². The predicted molar refractivity (Wildman–Crippen MR) is 130 cm³/mol. The molecule has 33 heavy (non-hydrogen) atoms. The summed E-state index contributed by atoms with van der Waals surface area (Å²) in [6, 6.07) is 12.1. The molecular weight excluding hydrogens is 420 g/mol. The molecule has 1 fully saturated rings. The van der Waals surface area contributed by atoms with E-state index >= 15 is 0 Å². The molecule has 0 spiro atoms. The van der Waals surface area contributed by atoms with Gasteiger partial charge in [0.25, 0.3) is 11.6 Å². The summed E-state index contributed by atoms with van der Waals surface area (Å²) in [6.07, 6.45) is 2.76. The third-order valence-corrected chi connectivity index (χ3v) is 5.95. The number of rotatable bonds is 8. The Labute approximate surface area is 194 Å². The second-order valence-electron chi connectivity index (χ2n) is 8.74. The number of carbonyl (C=O) groups is 2. The number of hydrogen-bond donors (Lipinski definition) is 1. The number of benzene rings is 2. The largest absolute Gasteiger partial charge is 0.366 e. The van der Waals surface area contributed by atoms with Crippen LogP contribution < -0.4 is 10.2 Å². The lowest BCUT2D eigenvalue weighted by Gasteiger charge is -2.32. The van der Waals surface area contributed by atoms with Crippen LogP contribution in [0.4, 0.5) is 17.1 Å².